The molecule has 3 heteroatoms. The lowest BCUT2D eigenvalue weighted by atomic mass is 10.2. The third-order valence-corrected chi connectivity index (χ3v) is 2.50. The van der Waals surface area contributed by atoms with E-state index in [2.05, 4.69) is 5.10 Å². The summed E-state index contributed by atoms with van der Waals surface area (Å²) in [6, 6.07) is 2.04. The molecule has 0 amide bonds. The minimum absolute atomic E-state index is 0.416. The molecular weight excluding hydrogens is 152 g/mol. The molecule has 1 N–H and O–H groups in total. The molecule has 3 nitrogen and oxygen atoms in total. The first-order valence-corrected chi connectivity index (χ1v) is 4.31. The Morgan fingerprint density at radius 3 is 2.75 bits per heavy atom. The highest BCUT2D eigenvalue weighted by molar-refractivity contribution is 5.13. The SMILES string of the molecule is Cc1cc(CC2(O)CC2)nn1C. The first-order chi connectivity index (χ1) is 5.59. The van der Waals surface area contributed by atoms with Crippen LogP contribution in [0.1, 0.15) is 24.2 Å². The summed E-state index contributed by atoms with van der Waals surface area (Å²) in [7, 11) is 1.93. The molecule has 1 aliphatic rings. The number of aryl methyl sites for hydroxylation is 2. The number of aliphatic hydroxyl groups is 1. The Morgan fingerprint density at radius 2 is 2.33 bits per heavy atom. The molecule has 1 aromatic heterocycles. The van der Waals surface area contributed by atoms with Crippen molar-refractivity contribution in [3.05, 3.63) is 17.5 Å². The molecule has 0 bridgehead atoms. The maximum Gasteiger partial charge on any atom is 0.0705 e. The highest BCUT2D eigenvalue weighted by Crippen LogP contribution is 2.37. The van der Waals surface area contributed by atoms with Crippen LogP contribution in [-0.4, -0.2) is 20.5 Å². The maximum absolute atomic E-state index is 9.63. The normalized spacial score (nSPS) is 19.6. The van der Waals surface area contributed by atoms with Crippen LogP contribution in [0, 0.1) is 6.92 Å². The largest absolute Gasteiger partial charge is 0.389 e. The molecule has 12 heavy (non-hydrogen) atoms. The number of aromatic nitrogens is 2. The molecule has 1 aliphatic carbocycles. The van der Waals surface area contributed by atoms with E-state index < -0.39 is 5.60 Å². The third kappa shape index (κ3) is 1.37. The van der Waals surface area contributed by atoms with E-state index in [0.29, 0.717) is 6.42 Å². The summed E-state index contributed by atoms with van der Waals surface area (Å²) in [5.41, 5.74) is 1.74. The number of nitrogens with zero attached hydrogens (tertiary/aromatic N) is 2. The summed E-state index contributed by atoms with van der Waals surface area (Å²) in [5, 5.41) is 13.9. The molecule has 0 unspecified atom stereocenters. The molecule has 0 spiro atoms. The lowest BCUT2D eigenvalue weighted by Crippen LogP contribution is -2.11. The van der Waals surface area contributed by atoms with Gasteiger partial charge in [-0.3, -0.25) is 4.68 Å². The molecule has 1 fully saturated rings. The summed E-state index contributed by atoms with van der Waals surface area (Å²) in [4.78, 5) is 0. The van der Waals surface area contributed by atoms with Crippen molar-refractivity contribution in [2.24, 2.45) is 7.05 Å². The first kappa shape index (κ1) is 7.80. The van der Waals surface area contributed by atoms with Crippen molar-refractivity contribution in [3.63, 3.8) is 0 Å². The fourth-order valence-corrected chi connectivity index (χ4v) is 1.38. The van der Waals surface area contributed by atoms with Gasteiger partial charge < -0.3 is 5.11 Å². The maximum atomic E-state index is 9.63. The van der Waals surface area contributed by atoms with Gasteiger partial charge in [-0.15, -0.1) is 0 Å². The van der Waals surface area contributed by atoms with E-state index in [1.54, 1.807) is 0 Å². The minimum Gasteiger partial charge on any atom is -0.389 e. The second-order valence-electron chi connectivity index (χ2n) is 3.80. The molecule has 2 rings (SSSR count). The first-order valence-electron chi connectivity index (χ1n) is 4.31. The fraction of sp³-hybridized carbons (Fsp3) is 0.667. The zero-order valence-electron chi connectivity index (χ0n) is 7.54. The Kier molecular flexibility index (Phi) is 1.51. The lowest BCUT2D eigenvalue weighted by molar-refractivity contribution is 0.149. The molecule has 1 heterocycles. The Hall–Kier alpha value is -0.830. The number of hydrogen-bond donors (Lipinski definition) is 1. The van der Waals surface area contributed by atoms with E-state index >= 15 is 0 Å². The molecular formula is C9H14N2O. The Labute approximate surface area is 72.0 Å². The second-order valence-corrected chi connectivity index (χ2v) is 3.80. The number of hydrogen-bond acceptors (Lipinski definition) is 2. The van der Waals surface area contributed by atoms with Crippen LogP contribution < -0.4 is 0 Å². The van der Waals surface area contributed by atoms with Gasteiger partial charge >= 0.3 is 0 Å². The van der Waals surface area contributed by atoms with Gasteiger partial charge in [-0.05, 0) is 25.8 Å². The quantitative estimate of drug-likeness (QED) is 0.705. The molecule has 0 aromatic carbocycles. The molecule has 0 saturated heterocycles. The van der Waals surface area contributed by atoms with Crippen LogP contribution in [0.5, 0.6) is 0 Å². The third-order valence-electron chi connectivity index (χ3n) is 2.50. The second kappa shape index (κ2) is 2.33. The summed E-state index contributed by atoms with van der Waals surface area (Å²) in [6.07, 6.45) is 2.58. The predicted octanol–water partition coefficient (Wildman–Crippen LogP) is 0.796. The Balaban J connectivity index is 2.13. The minimum atomic E-state index is -0.416. The van der Waals surface area contributed by atoms with Crippen molar-refractivity contribution in [1.29, 1.82) is 0 Å². The van der Waals surface area contributed by atoms with Crippen molar-refractivity contribution in [1.82, 2.24) is 9.78 Å². The Bertz CT molecular complexity index is 280. The molecule has 1 aromatic rings. The highest BCUT2D eigenvalue weighted by Gasteiger charge is 2.40. The molecule has 66 valence electrons. The molecule has 0 atom stereocenters. The molecule has 0 aliphatic heterocycles. The topological polar surface area (TPSA) is 38.1 Å². The molecule has 1 saturated carbocycles. The van der Waals surface area contributed by atoms with E-state index in [-0.39, 0.29) is 0 Å². The van der Waals surface area contributed by atoms with Crippen LogP contribution in [0.25, 0.3) is 0 Å². The summed E-state index contributed by atoms with van der Waals surface area (Å²) in [5.74, 6) is 0. The van der Waals surface area contributed by atoms with Crippen molar-refractivity contribution >= 4 is 0 Å². The zero-order valence-corrected chi connectivity index (χ0v) is 7.54. The van der Waals surface area contributed by atoms with Crippen LogP contribution in [0.15, 0.2) is 6.07 Å². The summed E-state index contributed by atoms with van der Waals surface area (Å²) in [6.45, 7) is 2.02. The predicted molar refractivity (Wildman–Crippen MR) is 45.8 cm³/mol. The standard InChI is InChI=1S/C9H14N2O/c1-7-5-8(10-11(7)2)6-9(12)3-4-9/h5,12H,3-4,6H2,1-2H3. The van der Waals surface area contributed by atoms with Gasteiger partial charge in [0.1, 0.15) is 0 Å². The number of rotatable bonds is 2. The van der Waals surface area contributed by atoms with E-state index in [1.807, 2.05) is 24.7 Å². The lowest BCUT2D eigenvalue weighted by Gasteiger charge is -2.02. The molecule has 0 radical (unpaired) electrons. The van der Waals surface area contributed by atoms with Gasteiger partial charge in [0, 0.05) is 19.2 Å². The Morgan fingerprint density at radius 1 is 1.67 bits per heavy atom. The fourth-order valence-electron chi connectivity index (χ4n) is 1.38. The zero-order chi connectivity index (χ0) is 8.77. The van der Waals surface area contributed by atoms with Crippen molar-refractivity contribution in [2.45, 2.75) is 31.8 Å². The van der Waals surface area contributed by atoms with E-state index in [4.69, 9.17) is 0 Å². The van der Waals surface area contributed by atoms with Crippen LogP contribution in [0.3, 0.4) is 0 Å². The summed E-state index contributed by atoms with van der Waals surface area (Å²) >= 11 is 0. The van der Waals surface area contributed by atoms with Crippen molar-refractivity contribution in [3.8, 4) is 0 Å². The average molecular weight is 166 g/mol. The van der Waals surface area contributed by atoms with Crippen LogP contribution in [0.2, 0.25) is 0 Å². The summed E-state index contributed by atoms with van der Waals surface area (Å²) < 4.78 is 1.85. The van der Waals surface area contributed by atoms with Crippen LogP contribution in [0.4, 0.5) is 0 Å². The van der Waals surface area contributed by atoms with Gasteiger partial charge in [-0.1, -0.05) is 0 Å². The van der Waals surface area contributed by atoms with Crippen LogP contribution >= 0.6 is 0 Å². The van der Waals surface area contributed by atoms with Gasteiger partial charge in [-0.25, -0.2) is 0 Å². The van der Waals surface area contributed by atoms with E-state index in [0.717, 1.165) is 24.2 Å². The van der Waals surface area contributed by atoms with Gasteiger partial charge in [0.2, 0.25) is 0 Å². The smallest absolute Gasteiger partial charge is 0.0705 e. The van der Waals surface area contributed by atoms with Gasteiger partial charge in [0.05, 0.1) is 11.3 Å². The van der Waals surface area contributed by atoms with Crippen molar-refractivity contribution < 1.29 is 5.11 Å². The monoisotopic (exact) mass is 166 g/mol. The van der Waals surface area contributed by atoms with Gasteiger partial charge in [0.15, 0.2) is 0 Å². The van der Waals surface area contributed by atoms with Crippen molar-refractivity contribution in [2.75, 3.05) is 0 Å². The van der Waals surface area contributed by atoms with Gasteiger partial charge in [-0.2, -0.15) is 5.10 Å². The van der Waals surface area contributed by atoms with E-state index in [1.165, 1.54) is 0 Å². The average Bonchev–Trinajstić information content (AvgIpc) is 2.59. The van der Waals surface area contributed by atoms with Gasteiger partial charge in [0.25, 0.3) is 0 Å². The van der Waals surface area contributed by atoms with Crippen LogP contribution in [-0.2, 0) is 13.5 Å². The van der Waals surface area contributed by atoms with E-state index in [9.17, 15) is 5.11 Å². The highest BCUT2D eigenvalue weighted by atomic mass is 16.3.